The van der Waals surface area contributed by atoms with Gasteiger partial charge in [-0.15, -0.1) is 0 Å². The molecule has 2 aromatic rings. The Bertz CT molecular complexity index is 552. The molecule has 0 amide bonds. The van der Waals surface area contributed by atoms with Gasteiger partial charge in [0.1, 0.15) is 5.65 Å². The number of aromatic nitrogens is 2. The Morgan fingerprint density at radius 1 is 1.32 bits per heavy atom. The molecule has 0 bridgehead atoms. The van der Waals surface area contributed by atoms with Crippen LogP contribution in [0, 0.1) is 6.92 Å². The highest BCUT2D eigenvalue weighted by molar-refractivity contribution is 5.42. The van der Waals surface area contributed by atoms with Crippen LogP contribution in [-0.4, -0.2) is 21.5 Å². The summed E-state index contributed by atoms with van der Waals surface area (Å²) in [7, 11) is 0. The fraction of sp³-hybridized carbons (Fsp3) is 0.533. The SMILES string of the molecule is Cc1nc2ccccn2c1CNC1CCC(N)CC1. The summed E-state index contributed by atoms with van der Waals surface area (Å²) >= 11 is 0. The van der Waals surface area contributed by atoms with E-state index in [9.17, 15) is 0 Å². The van der Waals surface area contributed by atoms with Gasteiger partial charge < -0.3 is 15.5 Å². The lowest BCUT2D eigenvalue weighted by molar-refractivity contribution is 0.340. The molecule has 1 saturated carbocycles. The zero-order chi connectivity index (χ0) is 13.2. The van der Waals surface area contributed by atoms with E-state index in [4.69, 9.17) is 5.73 Å². The van der Waals surface area contributed by atoms with Crippen molar-refractivity contribution in [3.05, 3.63) is 35.8 Å². The lowest BCUT2D eigenvalue weighted by atomic mass is 9.92. The van der Waals surface area contributed by atoms with E-state index in [1.807, 2.05) is 6.07 Å². The van der Waals surface area contributed by atoms with Gasteiger partial charge in [-0.2, -0.15) is 0 Å². The third kappa shape index (κ3) is 2.65. The molecule has 2 aromatic heterocycles. The van der Waals surface area contributed by atoms with Crippen LogP contribution in [0.25, 0.3) is 5.65 Å². The number of pyridine rings is 1. The van der Waals surface area contributed by atoms with Gasteiger partial charge in [0.2, 0.25) is 0 Å². The van der Waals surface area contributed by atoms with Crippen LogP contribution >= 0.6 is 0 Å². The predicted octanol–water partition coefficient (Wildman–Crippen LogP) is 2.00. The van der Waals surface area contributed by atoms with Crippen LogP contribution in [0.15, 0.2) is 24.4 Å². The van der Waals surface area contributed by atoms with Crippen LogP contribution < -0.4 is 11.1 Å². The highest BCUT2D eigenvalue weighted by atomic mass is 15.0. The monoisotopic (exact) mass is 258 g/mol. The molecule has 0 aliphatic heterocycles. The first-order valence-corrected chi connectivity index (χ1v) is 7.15. The summed E-state index contributed by atoms with van der Waals surface area (Å²) in [5.74, 6) is 0. The molecule has 4 nitrogen and oxygen atoms in total. The molecule has 0 aromatic carbocycles. The van der Waals surface area contributed by atoms with Crippen molar-refractivity contribution in [1.29, 1.82) is 0 Å². The van der Waals surface area contributed by atoms with Crippen LogP contribution in [0.4, 0.5) is 0 Å². The van der Waals surface area contributed by atoms with Crippen molar-refractivity contribution in [2.24, 2.45) is 5.73 Å². The van der Waals surface area contributed by atoms with Gasteiger partial charge in [-0.3, -0.25) is 0 Å². The summed E-state index contributed by atoms with van der Waals surface area (Å²) in [6.07, 6.45) is 6.75. The van der Waals surface area contributed by atoms with Crippen molar-refractivity contribution in [3.8, 4) is 0 Å². The molecule has 0 spiro atoms. The number of nitrogens with zero attached hydrogens (tertiary/aromatic N) is 2. The average molecular weight is 258 g/mol. The van der Waals surface area contributed by atoms with E-state index in [2.05, 4.69) is 40.0 Å². The van der Waals surface area contributed by atoms with Crippen molar-refractivity contribution in [2.45, 2.75) is 51.2 Å². The number of imidazole rings is 1. The zero-order valence-corrected chi connectivity index (χ0v) is 11.5. The number of nitrogens with one attached hydrogen (secondary N) is 1. The van der Waals surface area contributed by atoms with Gasteiger partial charge in [-0.05, 0) is 44.7 Å². The maximum atomic E-state index is 5.94. The first-order valence-electron chi connectivity index (χ1n) is 7.15. The van der Waals surface area contributed by atoms with Crippen LogP contribution in [0.5, 0.6) is 0 Å². The molecule has 3 N–H and O–H groups in total. The quantitative estimate of drug-likeness (QED) is 0.885. The van der Waals surface area contributed by atoms with E-state index < -0.39 is 0 Å². The maximum absolute atomic E-state index is 5.94. The molecule has 19 heavy (non-hydrogen) atoms. The van der Waals surface area contributed by atoms with Crippen LogP contribution in [-0.2, 0) is 6.54 Å². The molecular weight excluding hydrogens is 236 g/mol. The standard InChI is InChI=1S/C15H22N4/c1-11-14(19-9-3-2-4-15(19)18-11)10-17-13-7-5-12(16)6-8-13/h2-4,9,12-13,17H,5-8,10,16H2,1H3. The maximum Gasteiger partial charge on any atom is 0.137 e. The Morgan fingerprint density at radius 2 is 2.11 bits per heavy atom. The minimum absolute atomic E-state index is 0.413. The molecule has 1 fully saturated rings. The van der Waals surface area contributed by atoms with Crippen molar-refractivity contribution < 1.29 is 0 Å². The van der Waals surface area contributed by atoms with Crippen LogP contribution in [0.1, 0.15) is 37.1 Å². The molecule has 102 valence electrons. The zero-order valence-electron chi connectivity index (χ0n) is 11.5. The van der Waals surface area contributed by atoms with E-state index in [1.165, 1.54) is 18.5 Å². The summed E-state index contributed by atoms with van der Waals surface area (Å²) in [6.45, 7) is 2.97. The molecular formula is C15H22N4. The summed E-state index contributed by atoms with van der Waals surface area (Å²) in [5.41, 5.74) is 9.36. The van der Waals surface area contributed by atoms with Gasteiger partial charge in [0, 0.05) is 24.8 Å². The van der Waals surface area contributed by atoms with Gasteiger partial charge in [-0.25, -0.2) is 4.98 Å². The largest absolute Gasteiger partial charge is 0.328 e. The topological polar surface area (TPSA) is 55.3 Å². The fourth-order valence-electron chi connectivity index (χ4n) is 2.94. The van der Waals surface area contributed by atoms with Gasteiger partial charge in [-0.1, -0.05) is 6.07 Å². The fourth-order valence-corrected chi connectivity index (χ4v) is 2.94. The second kappa shape index (κ2) is 5.31. The molecule has 3 rings (SSSR count). The summed E-state index contributed by atoms with van der Waals surface area (Å²) in [5, 5.41) is 3.66. The number of hydrogen-bond acceptors (Lipinski definition) is 3. The summed E-state index contributed by atoms with van der Waals surface area (Å²) < 4.78 is 2.18. The molecule has 0 atom stereocenters. The van der Waals surface area contributed by atoms with Crippen molar-refractivity contribution in [2.75, 3.05) is 0 Å². The van der Waals surface area contributed by atoms with Crippen molar-refractivity contribution >= 4 is 5.65 Å². The highest BCUT2D eigenvalue weighted by Gasteiger charge is 2.18. The molecule has 0 saturated heterocycles. The van der Waals surface area contributed by atoms with Crippen molar-refractivity contribution in [1.82, 2.24) is 14.7 Å². The first-order chi connectivity index (χ1) is 9.24. The Labute approximate surface area is 114 Å². The molecule has 0 unspecified atom stereocenters. The summed E-state index contributed by atoms with van der Waals surface area (Å²) in [4.78, 5) is 4.59. The van der Waals surface area contributed by atoms with Gasteiger partial charge in [0.15, 0.2) is 0 Å². The minimum atomic E-state index is 0.413. The Balaban J connectivity index is 1.70. The second-order valence-corrected chi connectivity index (χ2v) is 5.57. The number of nitrogens with two attached hydrogens (primary N) is 1. The van der Waals surface area contributed by atoms with E-state index in [1.54, 1.807) is 0 Å². The Morgan fingerprint density at radius 3 is 2.89 bits per heavy atom. The van der Waals surface area contributed by atoms with Crippen LogP contribution in [0.2, 0.25) is 0 Å². The number of fused-ring (bicyclic) bond motifs is 1. The third-order valence-corrected chi connectivity index (χ3v) is 4.16. The molecule has 2 heterocycles. The third-order valence-electron chi connectivity index (χ3n) is 4.16. The predicted molar refractivity (Wildman–Crippen MR) is 77.0 cm³/mol. The second-order valence-electron chi connectivity index (χ2n) is 5.57. The smallest absolute Gasteiger partial charge is 0.137 e. The molecule has 1 aliphatic carbocycles. The molecule has 0 radical (unpaired) electrons. The number of hydrogen-bond donors (Lipinski definition) is 2. The van der Waals surface area contributed by atoms with Gasteiger partial charge in [0.25, 0.3) is 0 Å². The minimum Gasteiger partial charge on any atom is -0.328 e. The lowest BCUT2D eigenvalue weighted by Gasteiger charge is -2.26. The molecule has 1 aliphatic rings. The Kier molecular flexibility index (Phi) is 3.53. The average Bonchev–Trinajstić information content (AvgIpc) is 2.74. The normalized spacial score (nSPS) is 23.9. The summed E-state index contributed by atoms with van der Waals surface area (Å²) in [6, 6.07) is 7.15. The van der Waals surface area contributed by atoms with E-state index in [-0.39, 0.29) is 0 Å². The van der Waals surface area contributed by atoms with Crippen molar-refractivity contribution in [3.63, 3.8) is 0 Å². The number of aryl methyl sites for hydroxylation is 1. The lowest BCUT2D eigenvalue weighted by Crippen LogP contribution is -2.37. The van der Waals surface area contributed by atoms with Gasteiger partial charge in [0.05, 0.1) is 11.4 Å². The molecule has 4 heteroatoms. The van der Waals surface area contributed by atoms with E-state index in [0.29, 0.717) is 12.1 Å². The number of rotatable bonds is 3. The Hall–Kier alpha value is -1.39. The highest BCUT2D eigenvalue weighted by Crippen LogP contribution is 2.18. The van der Waals surface area contributed by atoms with E-state index in [0.717, 1.165) is 30.7 Å². The van der Waals surface area contributed by atoms with Crippen LogP contribution in [0.3, 0.4) is 0 Å². The van der Waals surface area contributed by atoms with E-state index >= 15 is 0 Å². The first kappa shape index (κ1) is 12.6. The van der Waals surface area contributed by atoms with Gasteiger partial charge >= 0.3 is 0 Å².